The average Bonchev–Trinajstić information content (AvgIpc) is 3.43. The summed E-state index contributed by atoms with van der Waals surface area (Å²) in [5.41, 5.74) is -0.505. The molecular weight excluding hydrogens is 781 g/mol. The Morgan fingerprint density at radius 3 is 2.15 bits per heavy atom. The van der Waals surface area contributed by atoms with E-state index >= 15 is 0 Å². The van der Waals surface area contributed by atoms with Crippen LogP contribution in [-0.2, 0) is 43.3 Å². The van der Waals surface area contributed by atoms with Crippen molar-refractivity contribution >= 4 is 39.8 Å². The van der Waals surface area contributed by atoms with Gasteiger partial charge in [-0.25, -0.2) is 8.42 Å². The first kappa shape index (κ1) is 45.4. The largest absolute Gasteiger partial charge is 0.464 e. The number of sulfone groups is 1. The molecule has 0 aromatic carbocycles. The van der Waals surface area contributed by atoms with Gasteiger partial charge in [-0.1, -0.05) is 76.2 Å². The molecule has 0 bridgehead atoms. The monoisotopic (exact) mass is 855 g/mol. The summed E-state index contributed by atoms with van der Waals surface area (Å²) in [6, 6.07) is 0. The van der Waals surface area contributed by atoms with Crippen LogP contribution in [0.15, 0.2) is 11.1 Å². The van der Waals surface area contributed by atoms with Gasteiger partial charge in [0.05, 0.1) is 34.9 Å². The molecule has 12 heteroatoms. The lowest BCUT2D eigenvalue weighted by molar-refractivity contribution is -0.236. The molecule has 1 aliphatic heterocycles. The van der Waals surface area contributed by atoms with Gasteiger partial charge in [-0.3, -0.25) is 28.9 Å². The minimum absolute atomic E-state index is 0.0132. The van der Waals surface area contributed by atoms with Crippen LogP contribution < -0.4 is 5.32 Å². The molecule has 0 unspecified atom stereocenters. The minimum Gasteiger partial charge on any atom is -0.464 e. The van der Waals surface area contributed by atoms with Crippen LogP contribution in [0.2, 0.25) is 0 Å². The molecule has 6 fully saturated rings. The molecule has 7 aliphatic rings. The van der Waals surface area contributed by atoms with Crippen LogP contribution in [0.1, 0.15) is 147 Å². The van der Waals surface area contributed by atoms with Crippen molar-refractivity contribution < 1.29 is 41.9 Å². The van der Waals surface area contributed by atoms with E-state index in [1.807, 2.05) is 32.6 Å². The van der Waals surface area contributed by atoms with Gasteiger partial charge in [0.1, 0.15) is 18.0 Å². The van der Waals surface area contributed by atoms with E-state index in [9.17, 15) is 32.4 Å². The Hall–Kier alpha value is -2.60. The number of amides is 1. The maximum Gasteiger partial charge on any atom is 0.310 e. The second kappa shape index (κ2) is 15.0. The molecule has 336 valence electrons. The molecule has 5 saturated carbocycles. The van der Waals surface area contributed by atoms with Crippen LogP contribution in [0.3, 0.4) is 0 Å². The van der Waals surface area contributed by atoms with Gasteiger partial charge in [0.2, 0.25) is 5.91 Å². The number of carbonyl (C=O) groups excluding carboxylic acids is 5. The maximum absolute atomic E-state index is 14.4. The number of nitrogens with zero attached hydrogens (tertiary/aromatic N) is 1. The molecule has 0 aromatic rings. The first-order valence-electron chi connectivity index (χ1n) is 23.0. The fraction of sp³-hybridized carbons (Fsp3) is 0.854. The predicted octanol–water partition coefficient (Wildman–Crippen LogP) is 7.05. The van der Waals surface area contributed by atoms with Crippen molar-refractivity contribution in [3.8, 4) is 0 Å². The molecule has 60 heavy (non-hydrogen) atoms. The van der Waals surface area contributed by atoms with E-state index in [1.54, 1.807) is 0 Å². The zero-order valence-corrected chi connectivity index (χ0v) is 39.3. The van der Waals surface area contributed by atoms with Crippen LogP contribution in [0, 0.1) is 62.1 Å². The molecule has 1 amide bonds. The summed E-state index contributed by atoms with van der Waals surface area (Å²) in [4.78, 5) is 68.6. The number of Topliss-reactive ketones (excluding diaryl/α,β-unsaturated/α-hetero) is 2. The smallest absolute Gasteiger partial charge is 0.310 e. The zero-order valence-electron chi connectivity index (χ0n) is 38.5. The standard InChI is InChI=1S/C48H74N2O9S/c1-29(2)38-33(53)26-48(49-41(55)42(3,4)25-30(52)27-50-20-22-60(56,57)23-21-50)19-18-46(10)31(39(38)48)12-13-35-45(9)16-15-36(44(7,8)34(45)14-17-47(35,46)11)59-40(54)32-24-37(58-28-51)43(32,5)6/h28-29,31-32,34-37H,12-27H2,1-11H3,(H,49,55)/t31-,32-,34+,35-,36+,37-,45+,46-,47-,48-/m1/s1. The maximum atomic E-state index is 14.4. The van der Waals surface area contributed by atoms with Gasteiger partial charge in [0, 0.05) is 36.8 Å². The van der Waals surface area contributed by atoms with Crippen LogP contribution in [0.25, 0.3) is 0 Å². The van der Waals surface area contributed by atoms with Crippen molar-refractivity contribution in [2.24, 2.45) is 62.1 Å². The lowest BCUT2D eigenvalue weighted by Gasteiger charge is -2.72. The summed E-state index contributed by atoms with van der Waals surface area (Å²) < 4.78 is 35.6. The molecule has 1 heterocycles. The van der Waals surface area contributed by atoms with Crippen LogP contribution in [-0.4, -0.2) is 92.1 Å². The molecule has 1 N–H and O–H groups in total. The summed E-state index contributed by atoms with van der Waals surface area (Å²) in [6.45, 7) is 25.2. The zero-order chi connectivity index (χ0) is 44.2. The van der Waals surface area contributed by atoms with Crippen LogP contribution >= 0.6 is 0 Å². The first-order chi connectivity index (χ1) is 27.7. The fourth-order valence-corrected chi connectivity index (χ4v) is 16.2. The van der Waals surface area contributed by atoms with Gasteiger partial charge in [0.25, 0.3) is 6.47 Å². The summed E-state index contributed by atoms with van der Waals surface area (Å²) >= 11 is 0. The Morgan fingerprint density at radius 2 is 1.53 bits per heavy atom. The fourth-order valence-electron chi connectivity index (χ4n) is 14.9. The Morgan fingerprint density at radius 1 is 0.867 bits per heavy atom. The highest BCUT2D eigenvalue weighted by Crippen LogP contribution is 2.76. The summed E-state index contributed by atoms with van der Waals surface area (Å²) in [5, 5.41) is 3.49. The molecular formula is C48H74N2O9S. The molecule has 0 aromatic heterocycles. The molecule has 1 saturated heterocycles. The van der Waals surface area contributed by atoms with Gasteiger partial charge in [-0.15, -0.1) is 0 Å². The SMILES string of the molecule is CC(C)C1=C2[C@H]3CC[C@@H]4[C@@]5(C)CC[C@H](OC(=O)[C@H]6C[C@@H](OC=O)C6(C)C)C(C)(C)[C@@H]5CC[C@@]4(C)[C@]3(C)CC[C@@]2(NC(=O)C(C)(C)CC(=O)CN2CCS(=O)(=O)CC2)CC1=O. The second-order valence-electron chi connectivity index (χ2n) is 23.4. The molecule has 7 rings (SSSR count). The highest BCUT2D eigenvalue weighted by molar-refractivity contribution is 7.91. The third-order valence-corrected chi connectivity index (χ3v) is 20.4. The van der Waals surface area contributed by atoms with E-state index in [1.165, 1.54) is 0 Å². The predicted molar refractivity (Wildman–Crippen MR) is 229 cm³/mol. The normalized spacial score (nSPS) is 40.6. The van der Waals surface area contributed by atoms with E-state index in [0.717, 1.165) is 56.1 Å². The highest BCUT2D eigenvalue weighted by Gasteiger charge is 2.70. The number of rotatable bonds is 11. The Balaban J connectivity index is 1.10. The second-order valence-corrected chi connectivity index (χ2v) is 25.7. The van der Waals surface area contributed by atoms with E-state index < -0.39 is 26.2 Å². The number of carbonyl (C=O) groups is 5. The average molecular weight is 855 g/mol. The van der Waals surface area contributed by atoms with E-state index in [-0.39, 0.29) is 106 Å². The number of hydrogen-bond donors (Lipinski definition) is 1. The van der Waals surface area contributed by atoms with Crippen molar-refractivity contribution in [1.29, 1.82) is 0 Å². The Kier molecular flexibility index (Phi) is 11.4. The minimum atomic E-state index is -3.06. The van der Waals surface area contributed by atoms with Crippen molar-refractivity contribution in [1.82, 2.24) is 10.2 Å². The van der Waals surface area contributed by atoms with Gasteiger partial charge < -0.3 is 14.8 Å². The van der Waals surface area contributed by atoms with Crippen molar-refractivity contribution in [2.75, 3.05) is 31.1 Å². The van der Waals surface area contributed by atoms with E-state index in [0.29, 0.717) is 44.2 Å². The lowest BCUT2D eigenvalue weighted by atomic mass is 9.33. The third-order valence-electron chi connectivity index (χ3n) is 18.8. The number of hydrogen-bond acceptors (Lipinski definition) is 10. The van der Waals surface area contributed by atoms with Gasteiger partial charge in [-0.05, 0) is 109 Å². The van der Waals surface area contributed by atoms with Gasteiger partial charge >= 0.3 is 5.97 Å². The number of ether oxygens (including phenoxy) is 2. The number of nitrogens with one attached hydrogen (secondary N) is 1. The lowest BCUT2D eigenvalue weighted by Crippen LogP contribution is -2.67. The molecule has 0 radical (unpaired) electrons. The quantitative estimate of drug-likeness (QED) is 0.169. The number of ketones is 2. The molecule has 6 aliphatic carbocycles. The van der Waals surface area contributed by atoms with Crippen molar-refractivity contribution in [3.63, 3.8) is 0 Å². The van der Waals surface area contributed by atoms with Crippen molar-refractivity contribution in [3.05, 3.63) is 11.1 Å². The van der Waals surface area contributed by atoms with Crippen LogP contribution in [0.5, 0.6) is 0 Å². The Labute approximate surface area is 359 Å². The molecule has 10 atom stereocenters. The summed E-state index contributed by atoms with van der Waals surface area (Å²) in [6.07, 6.45) is 7.75. The third kappa shape index (κ3) is 7.06. The van der Waals surface area contributed by atoms with Gasteiger partial charge in [-0.2, -0.15) is 0 Å². The molecule has 11 nitrogen and oxygen atoms in total. The highest BCUT2D eigenvalue weighted by atomic mass is 32.2. The molecule has 0 spiro atoms. The number of esters is 1. The van der Waals surface area contributed by atoms with Crippen molar-refractivity contribution in [2.45, 2.75) is 165 Å². The summed E-state index contributed by atoms with van der Waals surface area (Å²) in [5.74, 6) is 0.423. The first-order valence-corrected chi connectivity index (χ1v) is 24.9. The number of allylic oxidation sites excluding steroid dienone is 1. The number of fused-ring (bicyclic) bond motifs is 7. The van der Waals surface area contributed by atoms with Gasteiger partial charge in [0.15, 0.2) is 15.6 Å². The van der Waals surface area contributed by atoms with E-state index in [2.05, 4.69) is 53.8 Å². The van der Waals surface area contributed by atoms with Crippen LogP contribution in [0.4, 0.5) is 0 Å². The topological polar surface area (TPSA) is 153 Å². The summed E-state index contributed by atoms with van der Waals surface area (Å²) in [7, 11) is -3.06. The Bertz CT molecular complexity index is 1940. The van der Waals surface area contributed by atoms with E-state index in [4.69, 9.17) is 9.47 Å².